The highest BCUT2D eigenvalue weighted by Crippen LogP contribution is 2.19. The Balaban J connectivity index is 2.09. The molecular weight excluding hydrogens is 252 g/mol. The first-order valence-electron chi connectivity index (χ1n) is 7.65. The van der Waals surface area contributed by atoms with Crippen molar-refractivity contribution in [2.75, 3.05) is 20.1 Å². The van der Waals surface area contributed by atoms with Gasteiger partial charge in [0.25, 0.3) is 0 Å². The van der Waals surface area contributed by atoms with Crippen LogP contribution in [0, 0.1) is 0 Å². The molecular formula is C15H26N4O. The van der Waals surface area contributed by atoms with E-state index >= 15 is 0 Å². The van der Waals surface area contributed by atoms with Crippen LogP contribution in [0.15, 0.2) is 12.5 Å². The van der Waals surface area contributed by atoms with E-state index in [9.17, 15) is 4.79 Å². The molecule has 0 aliphatic carbocycles. The summed E-state index contributed by atoms with van der Waals surface area (Å²) in [6.07, 6.45) is 6.99. The second-order valence-electron chi connectivity index (χ2n) is 5.56. The molecule has 20 heavy (non-hydrogen) atoms. The van der Waals surface area contributed by atoms with E-state index in [4.69, 9.17) is 0 Å². The van der Waals surface area contributed by atoms with Crippen molar-refractivity contribution in [2.24, 2.45) is 0 Å². The number of aryl methyl sites for hydroxylation is 1. The monoisotopic (exact) mass is 278 g/mol. The van der Waals surface area contributed by atoms with Gasteiger partial charge in [-0.05, 0) is 13.3 Å². The molecule has 0 N–H and O–H groups in total. The van der Waals surface area contributed by atoms with Crippen molar-refractivity contribution < 1.29 is 4.79 Å². The molecule has 1 aromatic rings. The first kappa shape index (κ1) is 15.0. The molecule has 0 radical (unpaired) electrons. The summed E-state index contributed by atoms with van der Waals surface area (Å²) in [6, 6.07) is 0.0360. The number of amides is 1. The third-order valence-corrected chi connectivity index (χ3v) is 4.16. The van der Waals surface area contributed by atoms with Crippen molar-refractivity contribution in [2.45, 2.75) is 52.2 Å². The maximum absolute atomic E-state index is 12.4. The fourth-order valence-corrected chi connectivity index (χ4v) is 2.82. The minimum atomic E-state index is 0.0360. The normalized spacial score (nSPS) is 20.6. The van der Waals surface area contributed by atoms with E-state index < -0.39 is 0 Å². The van der Waals surface area contributed by atoms with Crippen LogP contribution in [0.1, 0.15) is 38.8 Å². The molecule has 0 aromatic carbocycles. The largest absolute Gasteiger partial charge is 0.343 e. The third kappa shape index (κ3) is 3.20. The van der Waals surface area contributed by atoms with Gasteiger partial charge < -0.3 is 9.47 Å². The number of unbranched alkanes of at least 4 members (excludes halogenated alkanes) is 1. The van der Waals surface area contributed by atoms with Crippen molar-refractivity contribution in [3.8, 4) is 0 Å². The Kier molecular flexibility index (Phi) is 5.17. The molecule has 1 aromatic heterocycles. The molecule has 1 atom stereocenters. The topological polar surface area (TPSA) is 41.4 Å². The number of imidazole rings is 1. The number of hydrogen-bond donors (Lipinski definition) is 0. The van der Waals surface area contributed by atoms with E-state index in [1.807, 2.05) is 24.5 Å². The minimum absolute atomic E-state index is 0.0360. The van der Waals surface area contributed by atoms with E-state index in [1.165, 1.54) is 5.69 Å². The molecule has 0 saturated carbocycles. The lowest BCUT2D eigenvalue weighted by atomic mass is 10.0. The SMILES string of the molecule is CCCCC1C(=O)N(C)CCN1Cc1cncn1CC. The number of hydrogen-bond acceptors (Lipinski definition) is 3. The predicted molar refractivity (Wildman–Crippen MR) is 79.3 cm³/mol. The van der Waals surface area contributed by atoms with Crippen LogP contribution in [-0.4, -0.2) is 51.4 Å². The minimum Gasteiger partial charge on any atom is -0.343 e. The van der Waals surface area contributed by atoms with E-state index in [0.717, 1.165) is 45.4 Å². The zero-order valence-electron chi connectivity index (χ0n) is 12.9. The number of carbonyl (C=O) groups excluding carboxylic acids is 1. The summed E-state index contributed by atoms with van der Waals surface area (Å²) in [5.41, 5.74) is 1.20. The van der Waals surface area contributed by atoms with Gasteiger partial charge in [0.15, 0.2) is 0 Å². The Hall–Kier alpha value is -1.36. The van der Waals surface area contributed by atoms with Crippen LogP contribution in [0.5, 0.6) is 0 Å². The van der Waals surface area contributed by atoms with Gasteiger partial charge in [0.1, 0.15) is 0 Å². The van der Waals surface area contributed by atoms with Crippen LogP contribution in [0.2, 0.25) is 0 Å². The fraction of sp³-hybridized carbons (Fsp3) is 0.733. The summed E-state index contributed by atoms with van der Waals surface area (Å²) in [5, 5.41) is 0. The highest BCUT2D eigenvalue weighted by molar-refractivity contribution is 5.82. The number of nitrogens with zero attached hydrogens (tertiary/aromatic N) is 4. The van der Waals surface area contributed by atoms with Gasteiger partial charge in [0.2, 0.25) is 5.91 Å². The maximum Gasteiger partial charge on any atom is 0.239 e. The highest BCUT2D eigenvalue weighted by atomic mass is 16.2. The summed E-state index contributed by atoms with van der Waals surface area (Å²) in [4.78, 5) is 20.8. The summed E-state index contributed by atoms with van der Waals surface area (Å²) >= 11 is 0. The molecule has 5 nitrogen and oxygen atoms in total. The molecule has 1 aliphatic rings. The van der Waals surface area contributed by atoms with E-state index in [2.05, 4.69) is 28.3 Å². The van der Waals surface area contributed by atoms with Gasteiger partial charge in [-0.25, -0.2) is 4.98 Å². The van der Waals surface area contributed by atoms with E-state index in [-0.39, 0.29) is 11.9 Å². The highest BCUT2D eigenvalue weighted by Gasteiger charge is 2.32. The van der Waals surface area contributed by atoms with Crippen molar-refractivity contribution in [1.82, 2.24) is 19.4 Å². The summed E-state index contributed by atoms with van der Waals surface area (Å²) in [5.74, 6) is 0.271. The molecule has 2 heterocycles. The van der Waals surface area contributed by atoms with Gasteiger partial charge in [-0.2, -0.15) is 0 Å². The molecule has 112 valence electrons. The number of carbonyl (C=O) groups is 1. The lowest BCUT2D eigenvalue weighted by molar-refractivity contribution is -0.140. The van der Waals surface area contributed by atoms with Crippen LogP contribution < -0.4 is 0 Å². The number of rotatable bonds is 6. The Morgan fingerprint density at radius 3 is 2.85 bits per heavy atom. The lowest BCUT2D eigenvalue weighted by Gasteiger charge is -2.39. The van der Waals surface area contributed by atoms with Crippen LogP contribution in [-0.2, 0) is 17.9 Å². The van der Waals surface area contributed by atoms with Gasteiger partial charge >= 0.3 is 0 Å². The quantitative estimate of drug-likeness (QED) is 0.796. The van der Waals surface area contributed by atoms with Crippen LogP contribution >= 0.6 is 0 Å². The summed E-state index contributed by atoms with van der Waals surface area (Å²) in [6.45, 7) is 7.81. The Bertz CT molecular complexity index is 443. The number of likely N-dealkylation sites (N-methyl/N-ethyl adjacent to an activating group) is 1. The van der Waals surface area contributed by atoms with Gasteiger partial charge in [-0.15, -0.1) is 0 Å². The first-order valence-corrected chi connectivity index (χ1v) is 7.65. The number of aromatic nitrogens is 2. The average Bonchev–Trinajstić information content (AvgIpc) is 2.90. The third-order valence-electron chi connectivity index (χ3n) is 4.16. The first-order chi connectivity index (χ1) is 9.67. The van der Waals surface area contributed by atoms with E-state index in [0.29, 0.717) is 0 Å². The molecule has 1 amide bonds. The molecule has 0 bridgehead atoms. The lowest BCUT2D eigenvalue weighted by Crippen LogP contribution is -2.55. The molecule has 1 aliphatic heterocycles. The van der Waals surface area contributed by atoms with Gasteiger partial charge in [-0.1, -0.05) is 19.8 Å². The zero-order valence-corrected chi connectivity index (χ0v) is 12.9. The fourth-order valence-electron chi connectivity index (χ4n) is 2.82. The summed E-state index contributed by atoms with van der Waals surface area (Å²) < 4.78 is 2.15. The second-order valence-corrected chi connectivity index (χ2v) is 5.56. The Labute approximate surface area is 121 Å². The number of piperazine rings is 1. The Morgan fingerprint density at radius 1 is 1.35 bits per heavy atom. The van der Waals surface area contributed by atoms with Crippen molar-refractivity contribution in [1.29, 1.82) is 0 Å². The van der Waals surface area contributed by atoms with Gasteiger partial charge in [-0.3, -0.25) is 9.69 Å². The second kappa shape index (κ2) is 6.88. The standard InChI is InChI=1S/C15H26N4O/c1-4-6-7-14-15(20)17(3)8-9-19(14)11-13-10-16-12-18(13)5-2/h10,12,14H,4-9,11H2,1-3H3. The van der Waals surface area contributed by atoms with Crippen LogP contribution in [0.3, 0.4) is 0 Å². The van der Waals surface area contributed by atoms with Gasteiger partial charge in [0.05, 0.1) is 18.1 Å². The Morgan fingerprint density at radius 2 is 2.15 bits per heavy atom. The van der Waals surface area contributed by atoms with Gasteiger partial charge in [0, 0.05) is 39.4 Å². The average molecular weight is 278 g/mol. The maximum atomic E-state index is 12.4. The molecule has 1 unspecified atom stereocenters. The van der Waals surface area contributed by atoms with Crippen molar-refractivity contribution in [3.63, 3.8) is 0 Å². The molecule has 5 heteroatoms. The van der Waals surface area contributed by atoms with E-state index in [1.54, 1.807) is 0 Å². The smallest absolute Gasteiger partial charge is 0.239 e. The van der Waals surface area contributed by atoms with Crippen molar-refractivity contribution in [3.05, 3.63) is 18.2 Å². The molecule has 2 rings (SSSR count). The summed E-state index contributed by atoms with van der Waals surface area (Å²) in [7, 11) is 1.91. The zero-order chi connectivity index (χ0) is 14.5. The predicted octanol–water partition coefficient (Wildman–Crippen LogP) is 1.74. The van der Waals surface area contributed by atoms with Crippen LogP contribution in [0.25, 0.3) is 0 Å². The van der Waals surface area contributed by atoms with Crippen molar-refractivity contribution >= 4 is 5.91 Å². The molecule has 1 fully saturated rings. The van der Waals surface area contributed by atoms with Crippen LogP contribution in [0.4, 0.5) is 0 Å². The molecule has 1 saturated heterocycles. The molecule has 0 spiro atoms.